The van der Waals surface area contributed by atoms with E-state index in [-0.39, 0.29) is 0 Å². The Morgan fingerprint density at radius 1 is 1.22 bits per heavy atom. The minimum Gasteiger partial charge on any atom is -0.304 e. The number of likely N-dealkylation sites (N-methyl/N-ethyl adjacent to an activating group) is 1. The van der Waals surface area contributed by atoms with Crippen LogP contribution in [0.3, 0.4) is 0 Å². The summed E-state index contributed by atoms with van der Waals surface area (Å²) in [6.45, 7) is 4.99. The molecule has 0 spiro atoms. The standard InChI is InChI=1S/C14H20N4/c1-13-6-10-18(16-13)12-11-17(2)9-7-14-5-3-4-8-15-14/h3-6,8,10H,7,9,11-12H2,1-2H3. The lowest BCUT2D eigenvalue weighted by molar-refractivity contribution is 0.315. The van der Waals surface area contributed by atoms with E-state index in [1.165, 1.54) is 0 Å². The Kier molecular flexibility index (Phi) is 4.47. The van der Waals surface area contributed by atoms with Crippen molar-refractivity contribution in [3.63, 3.8) is 0 Å². The Hall–Kier alpha value is -1.68. The van der Waals surface area contributed by atoms with Crippen LogP contribution in [0.1, 0.15) is 11.4 Å². The van der Waals surface area contributed by atoms with Crippen molar-refractivity contribution in [2.45, 2.75) is 19.9 Å². The maximum atomic E-state index is 4.38. The van der Waals surface area contributed by atoms with Gasteiger partial charge >= 0.3 is 0 Å². The topological polar surface area (TPSA) is 34.0 Å². The summed E-state index contributed by atoms with van der Waals surface area (Å²) in [5, 5.41) is 4.38. The summed E-state index contributed by atoms with van der Waals surface area (Å²) < 4.78 is 1.99. The van der Waals surface area contributed by atoms with Crippen molar-refractivity contribution >= 4 is 0 Å². The largest absolute Gasteiger partial charge is 0.304 e. The first kappa shape index (κ1) is 12.8. The van der Waals surface area contributed by atoms with Crippen LogP contribution >= 0.6 is 0 Å². The lowest BCUT2D eigenvalue weighted by Gasteiger charge is -2.16. The normalized spacial score (nSPS) is 11.1. The lowest BCUT2D eigenvalue weighted by atomic mass is 10.2. The van der Waals surface area contributed by atoms with Gasteiger partial charge in [0.15, 0.2) is 0 Å². The molecule has 0 saturated carbocycles. The zero-order chi connectivity index (χ0) is 12.8. The van der Waals surface area contributed by atoms with E-state index in [0.29, 0.717) is 0 Å². The third kappa shape index (κ3) is 3.96. The number of hydrogen-bond donors (Lipinski definition) is 0. The van der Waals surface area contributed by atoms with Gasteiger partial charge < -0.3 is 4.90 Å². The fraction of sp³-hybridized carbons (Fsp3) is 0.429. The van der Waals surface area contributed by atoms with Gasteiger partial charge in [0.1, 0.15) is 0 Å². The molecule has 96 valence electrons. The van der Waals surface area contributed by atoms with Crippen LogP contribution in [0.15, 0.2) is 36.7 Å². The Bertz CT molecular complexity index is 464. The molecule has 2 aromatic heterocycles. The van der Waals surface area contributed by atoms with Crippen LogP contribution < -0.4 is 0 Å². The highest BCUT2D eigenvalue weighted by Gasteiger charge is 2.01. The molecule has 0 N–H and O–H groups in total. The Morgan fingerprint density at radius 2 is 2.11 bits per heavy atom. The summed E-state index contributed by atoms with van der Waals surface area (Å²) >= 11 is 0. The highest BCUT2D eigenvalue weighted by atomic mass is 15.3. The number of hydrogen-bond acceptors (Lipinski definition) is 3. The third-order valence-corrected chi connectivity index (χ3v) is 2.96. The minimum absolute atomic E-state index is 0.937. The molecule has 0 aromatic carbocycles. The van der Waals surface area contributed by atoms with E-state index < -0.39 is 0 Å². The molecule has 2 aromatic rings. The second kappa shape index (κ2) is 6.31. The van der Waals surface area contributed by atoms with Crippen molar-refractivity contribution in [1.29, 1.82) is 0 Å². The van der Waals surface area contributed by atoms with Crippen molar-refractivity contribution in [3.05, 3.63) is 48.0 Å². The Labute approximate surface area is 108 Å². The minimum atomic E-state index is 0.937. The number of nitrogens with zero attached hydrogens (tertiary/aromatic N) is 4. The molecular formula is C14H20N4. The van der Waals surface area contributed by atoms with E-state index in [2.05, 4.69) is 28.1 Å². The van der Waals surface area contributed by atoms with Crippen LogP contribution in [-0.2, 0) is 13.0 Å². The highest BCUT2D eigenvalue weighted by molar-refractivity contribution is 5.03. The fourth-order valence-corrected chi connectivity index (χ4v) is 1.82. The predicted molar refractivity (Wildman–Crippen MR) is 72.4 cm³/mol. The number of aryl methyl sites for hydroxylation is 1. The highest BCUT2D eigenvalue weighted by Crippen LogP contribution is 1.97. The summed E-state index contributed by atoms with van der Waals surface area (Å²) in [7, 11) is 2.14. The van der Waals surface area contributed by atoms with Gasteiger partial charge in [-0.3, -0.25) is 9.67 Å². The third-order valence-electron chi connectivity index (χ3n) is 2.96. The molecule has 0 saturated heterocycles. The zero-order valence-electron chi connectivity index (χ0n) is 11.1. The van der Waals surface area contributed by atoms with Gasteiger partial charge in [-0.2, -0.15) is 5.10 Å². The van der Waals surface area contributed by atoms with E-state index >= 15 is 0 Å². The maximum absolute atomic E-state index is 4.38. The van der Waals surface area contributed by atoms with Gasteiger partial charge in [0, 0.05) is 37.6 Å². The van der Waals surface area contributed by atoms with E-state index in [9.17, 15) is 0 Å². The van der Waals surface area contributed by atoms with E-state index in [4.69, 9.17) is 0 Å². The second-order valence-corrected chi connectivity index (χ2v) is 4.59. The van der Waals surface area contributed by atoms with Crippen LogP contribution in [0.4, 0.5) is 0 Å². The molecule has 18 heavy (non-hydrogen) atoms. The molecule has 2 heterocycles. The van der Waals surface area contributed by atoms with Gasteiger partial charge in [0.25, 0.3) is 0 Å². The van der Waals surface area contributed by atoms with E-state index in [1.807, 2.05) is 42.2 Å². The first-order valence-electron chi connectivity index (χ1n) is 6.32. The maximum Gasteiger partial charge on any atom is 0.0593 e. The molecule has 0 bridgehead atoms. The number of aromatic nitrogens is 3. The lowest BCUT2D eigenvalue weighted by Crippen LogP contribution is -2.26. The van der Waals surface area contributed by atoms with Crippen LogP contribution in [-0.4, -0.2) is 39.8 Å². The second-order valence-electron chi connectivity index (χ2n) is 4.59. The van der Waals surface area contributed by atoms with Gasteiger partial charge in [-0.15, -0.1) is 0 Å². The molecule has 0 aliphatic rings. The van der Waals surface area contributed by atoms with Gasteiger partial charge in [-0.05, 0) is 32.2 Å². The SMILES string of the molecule is Cc1ccn(CCN(C)CCc2ccccn2)n1. The monoisotopic (exact) mass is 244 g/mol. The Balaban J connectivity index is 1.71. The van der Waals surface area contributed by atoms with Crippen molar-refractivity contribution in [2.24, 2.45) is 0 Å². The molecule has 0 aliphatic carbocycles. The fourth-order valence-electron chi connectivity index (χ4n) is 1.82. The average Bonchev–Trinajstić information content (AvgIpc) is 2.81. The van der Waals surface area contributed by atoms with Crippen molar-refractivity contribution in [3.8, 4) is 0 Å². The van der Waals surface area contributed by atoms with Crippen LogP contribution in [0.25, 0.3) is 0 Å². The molecule has 0 radical (unpaired) electrons. The predicted octanol–water partition coefficient (Wildman–Crippen LogP) is 1.76. The molecular weight excluding hydrogens is 224 g/mol. The molecule has 2 rings (SSSR count). The molecule has 0 aliphatic heterocycles. The number of pyridine rings is 1. The van der Waals surface area contributed by atoms with Crippen LogP contribution in [0.5, 0.6) is 0 Å². The summed E-state index contributed by atoms with van der Waals surface area (Å²) in [5.41, 5.74) is 2.23. The Morgan fingerprint density at radius 3 is 2.78 bits per heavy atom. The quantitative estimate of drug-likeness (QED) is 0.776. The van der Waals surface area contributed by atoms with Gasteiger partial charge in [-0.1, -0.05) is 6.07 Å². The number of rotatable bonds is 6. The first-order valence-corrected chi connectivity index (χ1v) is 6.32. The van der Waals surface area contributed by atoms with Crippen LogP contribution in [0.2, 0.25) is 0 Å². The smallest absolute Gasteiger partial charge is 0.0593 e. The molecule has 0 amide bonds. The van der Waals surface area contributed by atoms with E-state index in [0.717, 1.165) is 37.4 Å². The van der Waals surface area contributed by atoms with Gasteiger partial charge in [0.05, 0.1) is 12.2 Å². The van der Waals surface area contributed by atoms with Crippen molar-refractivity contribution < 1.29 is 0 Å². The van der Waals surface area contributed by atoms with Crippen molar-refractivity contribution in [1.82, 2.24) is 19.7 Å². The summed E-state index contributed by atoms with van der Waals surface area (Å²) in [5.74, 6) is 0. The summed E-state index contributed by atoms with van der Waals surface area (Å²) in [6.07, 6.45) is 4.87. The molecule has 0 unspecified atom stereocenters. The van der Waals surface area contributed by atoms with Gasteiger partial charge in [-0.25, -0.2) is 0 Å². The van der Waals surface area contributed by atoms with E-state index in [1.54, 1.807) is 0 Å². The zero-order valence-corrected chi connectivity index (χ0v) is 11.1. The molecule has 0 atom stereocenters. The molecule has 4 heteroatoms. The summed E-state index contributed by atoms with van der Waals surface area (Å²) in [6, 6.07) is 8.10. The van der Waals surface area contributed by atoms with Crippen molar-refractivity contribution in [2.75, 3.05) is 20.1 Å². The molecule has 0 fully saturated rings. The summed E-state index contributed by atoms with van der Waals surface area (Å²) in [4.78, 5) is 6.64. The molecule has 4 nitrogen and oxygen atoms in total. The first-order chi connectivity index (χ1) is 8.74. The van der Waals surface area contributed by atoms with Crippen LogP contribution in [0, 0.1) is 6.92 Å². The average molecular weight is 244 g/mol. The van der Waals surface area contributed by atoms with Gasteiger partial charge in [0.2, 0.25) is 0 Å².